The number of nitrogens with one attached hydrogen (secondary N) is 1. The Morgan fingerprint density at radius 3 is 2.91 bits per heavy atom. The molecule has 2 unspecified atom stereocenters. The first kappa shape index (κ1) is 21.1. The van der Waals surface area contributed by atoms with E-state index >= 15 is 0 Å². The number of halogens is 1. The van der Waals surface area contributed by atoms with Crippen LogP contribution < -0.4 is 15.6 Å². The van der Waals surface area contributed by atoms with Gasteiger partial charge in [-0.05, 0) is 67.6 Å². The number of nitrogens with zero attached hydrogens (tertiary/aromatic N) is 3. The zero-order chi connectivity index (χ0) is 23.2. The molecule has 6 nitrogen and oxygen atoms in total. The Kier molecular flexibility index (Phi) is 5.21. The number of pyridine rings is 2. The molecule has 4 aromatic rings. The van der Waals surface area contributed by atoms with Gasteiger partial charge in [-0.1, -0.05) is 12.5 Å². The third-order valence-electron chi connectivity index (χ3n) is 7.28. The van der Waals surface area contributed by atoms with E-state index in [0.717, 1.165) is 30.4 Å². The maximum atomic E-state index is 13.0. The summed E-state index contributed by atoms with van der Waals surface area (Å²) in [5.41, 5.74) is 5.28. The van der Waals surface area contributed by atoms with E-state index in [1.54, 1.807) is 22.9 Å². The Hall–Kier alpha value is -3.45. The molecule has 34 heavy (non-hydrogen) atoms. The van der Waals surface area contributed by atoms with Gasteiger partial charge in [0.15, 0.2) is 0 Å². The van der Waals surface area contributed by atoms with Crippen molar-refractivity contribution in [2.45, 2.75) is 38.3 Å². The van der Waals surface area contributed by atoms with Gasteiger partial charge >= 0.3 is 0 Å². The Morgan fingerprint density at radius 2 is 2.09 bits per heavy atom. The molecule has 3 aromatic heterocycles. The van der Waals surface area contributed by atoms with Crippen molar-refractivity contribution in [2.75, 3.05) is 6.54 Å². The molecule has 0 amide bonds. The van der Waals surface area contributed by atoms with Crippen LogP contribution in [0.15, 0.2) is 59.7 Å². The maximum Gasteiger partial charge on any atom is 0.258 e. The molecule has 2 bridgehead atoms. The fraction of sp³-hybridized carbons (Fsp3) is 0.333. The van der Waals surface area contributed by atoms with Crippen molar-refractivity contribution in [1.82, 2.24) is 19.4 Å². The number of benzene rings is 1. The highest BCUT2D eigenvalue weighted by Gasteiger charge is 2.31. The lowest BCUT2D eigenvalue weighted by atomic mass is 9.90. The number of rotatable bonds is 4. The van der Waals surface area contributed by atoms with Crippen LogP contribution in [0.5, 0.6) is 5.75 Å². The van der Waals surface area contributed by atoms with Crippen LogP contribution >= 0.6 is 0 Å². The van der Waals surface area contributed by atoms with Crippen molar-refractivity contribution < 1.29 is 9.13 Å². The molecule has 2 aliphatic heterocycles. The van der Waals surface area contributed by atoms with E-state index in [1.165, 1.54) is 48.0 Å². The molecule has 0 spiro atoms. The lowest BCUT2D eigenvalue weighted by Crippen LogP contribution is -2.22. The minimum atomic E-state index is -0.391. The molecule has 2 aliphatic rings. The first-order valence-electron chi connectivity index (χ1n) is 11.9. The average Bonchev–Trinajstić information content (AvgIpc) is 3.02. The number of hydrogen-bond acceptors (Lipinski definition) is 4. The third kappa shape index (κ3) is 3.70. The smallest absolute Gasteiger partial charge is 0.258 e. The molecular weight excluding hydrogens is 431 g/mol. The van der Waals surface area contributed by atoms with Crippen molar-refractivity contribution in [1.29, 1.82) is 0 Å². The summed E-state index contributed by atoms with van der Waals surface area (Å²) in [5, 5.41) is 5.07. The van der Waals surface area contributed by atoms with E-state index < -0.39 is 5.82 Å². The first-order valence-corrected chi connectivity index (χ1v) is 11.9. The number of hydrogen-bond donors (Lipinski definition) is 1. The summed E-state index contributed by atoms with van der Waals surface area (Å²) in [6.45, 7) is 1.26. The zero-order valence-electron chi connectivity index (χ0n) is 19.1. The molecule has 1 fully saturated rings. The van der Waals surface area contributed by atoms with Crippen LogP contribution in [0.4, 0.5) is 4.39 Å². The predicted molar refractivity (Wildman–Crippen MR) is 129 cm³/mol. The second-order valence-electron chi connectivity index (χ2n) is 9.41. The van der Waals surface area contributed by atoms with Gasteiger partial charge in [-0.25, -0.2) is 4.39 Å². The molecule has 7 heteroatoms. The molecule has 174 valence electrons. The molecule has 0 radical (unpaired) electrons. The van der Waals surface area contributed by atoms with Crippen LogP contribution in [0.1, 0.15) is 42.3 Å². The van der Waals surface area contributed by atoms with E-state index in [9.17, 15) is 9.18 Å². The van der Waals surface area contributed by atoms with Gasteiger partial charge in [-0.15, -0.1) is 0 Å². The molecule has 6 rings (SSSR count). The van der Waals surface area contributed by atoms with Crippen molar-refractivity contribution >= 4 is 10.9 Å². The van der Waals surface area contributed by atoms with E-state index in [0.29, 0.717) is 23.4 Å². The minimum Gasteiger partial charge on any atom is -0.487 e. The van der Waals surface area contributed by atoms with Gasteiger partial charge in [-0.3, -0.25) is 14.3 Å². The Bertz CT molecular complexity index is 1420. The molecule has 5 heterocycles. The van der Waals surface area contributed by atoms with E-state index in [4.69, 9.17) is 4.74 Å². The number of fused-ring (bicyclic) bond motifs is 7. The summed E-state index contributed by atoms with van der Waals surface area (Å²) in [4.78, 5) is 16.9. The van der Waals surface area contributed by atoms with Gasteiger partial charge < -0.3 is 14.6 Å². The summed E-state index contributed by atoms with van der Waals surface area (Å²) < 4.78 is 22.7. The normalized spacial score (nSPS) is 19.6. The number of aromatic nitrogens is 3. The quantitative estimate of drug-likeness (QED) is 0.492. The minimum absolute atomic E-state index is 0.167. The van der Waals surface area contributed by atoms with Gasteiger partial charge in [0.25, 0.3) is 5.56 Å². The summed E-state index contributed by atoms with van der Waals surface area (Å²) in [6, 6.07) is 12.9. The van der Waals surface area contributed by atoms with Crippen LogP contribution in [0.3, 0.4) is 0 Å². The van der Waals surface area contributed by atoms with Crippen LogP contribution in [0, 0.1) is 11.7 Å². The second-order valence-corrected chi connectivity index (χ2v) is 9.41. The van der Waals surface area contributed by atoms with E-state index in [1.807, 2.05) is 6.07 Å². The Morgan fingerprint density at radius 1 is 1.18 bits per heavy atom. The summed E-state index contributed by atoms with van der Waals surface area (Å²) >= 11 is 0. The molecule has 0 aliphatic carbocycles. The Balaban J connectivity index is 1.31. The van der Waals surface area contributed by atoms with Gasteiger partial charge in [0, 0.05) is 36.4 Å². The highest BCUT2D eigenvalue weighted by Crippen LogP contribution is 2.40. The molecule has 0 saturated carbocycles. The Labute approximate surface area is 197 Å². The van der Waals surface area contributed by atoms with Crippen LogP contribution in [0.25, 0.3) is 16.6 Å². The van der Waals surface area contributed by atoms with Crippen LogP contribution in [-0.4, -0.2) is 20.7 Å². The van der Waals surface area contributed by atoms with Gasteiger partial charge in [0.05, 0.1) is 23.1 Å². The number of aryl methyl sites for hydroxylation is 1. The second kappa shape index (κ2) is 8.40. The topological polar surface area (TPSA) is 61.1 Å². The molecule has 1 aromatic carbocycles. The van der Waals surface area contributed by atoms with Gasteiger partial charge in [0.2, 0.25) is 0 Å². The predicted octanol–water partition coefficient (Wildman–Crippen LogP) is 4.43. The maximum absolute atomic E-state index is 13.0. The summed E-state index contributed by atoms with van der Waals surface area (Å²) in [5.74, 6) is 0.753. The van der Waals surface area contributed by atoms with E-state index in [2.05, 4.69) is 34.0 Å². The standard InChI is InChI=1S/C27H27FN4O2/c1-31-24-12-20(7-8-22(24)27-23-4-2-3-17(14-30-23)11-25(27)31)32-10-9-21(13-26(32)33)34-16-19-6-5-18(28)15-29-19/h5-10,12-13,15,17,23,30H,2-4,11,14,16H2,1H3. The average molecular weight is 459 g/mol. The van der Waals surface area contributed by atoms with Crippen molar-refractivity contribution in [3.05, 3.63) is 88.0 Å². The van der Waals surface area contributed by atoms with Crippen molar-refractivity contribution in [2.24, 2.45) is 13.0 Å². The third-order valence-corrected chi connectivity index (χ3v) is 7.28. The van der Waals surface area contributed by atoms with Gasteiger partial charge in [0.1, 0.15) is 18.2 Å². The van der Waals surface area contributed by atoms with Crippen molar-refractivity contribution in [3.63, 3.8) is 0 Å². The highest BCUT2D eigenvalue weighted by atomic mass is 19.1. The van der Waals surface area contributed by atoms with Crippen LogP contribution in [-0.2, 0) is 20.1 Å². The molecular formula is C27H27FN4O2. The lowest BCUT2D eigenvalue weighted by Gasteiger charge is -2.17. The fourth-order valence-electron chi connectivity index (χ4n) is 5.52. The van der Waals surface area contributed by atoms with E-state index in [-0.39, 0.29) is 12.2 Å². The fourth-order valence-corrected chi connectivity index (χ4v) is 5.52. The molecule has 1 saturated heterocycles. The SMILES string of the molecule is Cn1c2c(c3ccc(-n4ccc(OCc5ccc(F)cn5)cc4=O)cc31)C1CCCC(CN1)C2. The summed E-state index contributed by atoms with van der Waals surface area (Å²) in [7, 11) is 2.15. The zero-order valence-corrected chi connectivity index (χ0v) is 19.1. The lowest BCUT2D eigenvalue weighted by molar-refractivity contribution is 0.300. The molecule has 2 atom stereocenters. The highest BCUT2D eigenvalue weighted by molar-refractivity contribution is 5.88. The first-order chi connectivity index (χ1) is 16.6. The molecule has 1 N–H and O–H groups in total. The van der Waals surface area contributed by atoms with Gasteiger partial charge in [-0.2, -0.15) is 0 Å². The largest absolute Gasteiger partial charge is 0.487 e. The monoisotopic (exact) mass is 458 g/mol. The summed E-state index contributed by atoms with van der Waals surface area (Å²) in [6.07, 6.45) is 7.74. The van der Waals surface area contributed by atoms with Crippen LogP contribution in [0.2, 0.25) is 0 Å². The van der Waals surface area contributed by atoms with Crippen molar-refractivity contribution in [3.8, 4) is 11.4 Å². The number of ether oxygens (including phenoxy) is 1.